The van der Waals surface area contributed by atoms with Gasteiger partial charge in [-0.1, -0.05) is 11.8 Å². The maximum Gasteiger partial charge on any atom is 0.191 e. The van der Waals surface area contributed by atoms with Crippen LogP contribution in [-0.2, 0) is 12.8 Å². The summed E-state index contributed by atoms with van der Waals surface area (Å²) in [7, 11) is 5.39. The average molecular weight is 348 g/mol. The third-order valence-corrected chi connectivity index (χ3v) is 5.44. The summed E-state index contributed by atoms with van der Waals surface area (Å²) in [5.41, 5.74) is 1.14. The maximum absolute atomic E-state index is 5.33. The van der Waals surface area contributed by atoms with E-state index in [4.69, 9.17) is 9.47 Å². The van der Waals surface area contributed by atoms with Gasteiger partial charge in [-0.05, 0) is 43.6 Å². The summed E-state index contributed by atoms with van der Waals surface area (Å²) in [6, 6.07) is 5.94. The van der Waals surface area contributed by atoms with Crippen molar-refractivity contribution in [2.24, 2.45) is 7.05 Å². The Kier molecular flexibility index (Phi) is 5.63. The van der Waals surface area contributed by atoms with E-state index in [1.165, 1.54) is 0 Å². The molecule has 1 saturated heterocycles. The Morgan fingerprint density at radius 2 is 1.79 bits per heavy atom. The van der Waals surface area contributed by atoms with Gasteiger partial charge in [-0.3, -0.25) is 0 Å². The molecule has 2 heterocycles. The van der Waals surface area contributed by atoms with Crippen molar-refractivity contribution in [2.75, 3.05) is 27.3 Å². The summed E-state index contributed by atoms with van der Waals surface area (Å²) in [6.07, 6.45) is 2.26. The van der Waals surface area contributed by atoms with E-state index in [9.17, 15) is 0 Å². The van der Waals surface area contributed by atoms with Crippen molar-refractivity contribution >= 4 is 11.8 Å². The van der Waals surface area contributed by atoms with Crippen LogP contribution in [0, 0.1) is 0 Å². The van der Waals surface area contributed by atoms with E-state index in [0.29, 0.717) is 5.92 Å². The summed E-state index contributed by atoms with van der Waals surface area (Å²) in [6.45, 7) is 2.12. The molecule has 1 aromatic heterocycles. The second-order valence-corrected chi connectivity index (χ2v) is 6.88. The van der Waals surface area contributed by atoms with E-state index in [-0.39, 0.29) is 0 Å². The quantitative estimate of drug-likeness (QED) is 0.810. The number of hydrogen-bond donors (Lipinski definition) is 1. The molecule has 7 heteroatoms. The lowest BCUT2D eigenvalue weighted by molar-refractivity contribution is 0.393. The molecule has 130 valence electrons. The first-order valence-electron chi connectivity index (χ1n) is 8.16. The van der Waals surface area contributed by atoms with Crippen molar-refractivity contribution in [1.82, 2.24) is 20.1 Å². The van der Waals surface area contributed by atoms with Gasteiger partial charge in [0.2, 0.25) is 0 Å². The molecule has 0 amide bonds. The SMILES string of the molecule is COc1cc(CSc2nnc(C3CCNCC3)n2C)cc(OC)c1. The van der Waals surface area contributed by atoms with Crippen LogP contribution in [0.25, 0.3) is 0 Å². The summed E-state index contributed by atoms with van der Waals surface area (Å²) < 4.78 is 12.8. The molecule has 0 saturated carbocycles. The van der Waals surface area contributed by atoms with Gasteiger partial charge in [0.05, 0.1) is 14.2 Å². The fraction of sp³-hybridized carbons (Fsp3) is 0.529. The van der Waals surface area contributed by atoms with Crippen LogP contribution in [0.5, 0.6) is 11.5 Å². The summed E-state index contributed by atoms with van der Waals surface area (Å²) >= 11 is 1.69. The minimum atomic E-state index is 0.509. The van der Waals surface area contributed by atoms with Gasteiger partial charge in [-0.25, -0.2) is 0 Å². The van der Waals surface area contributed by atoms with Crippen molar-refractivity contribution in [3.63, 3.8) is 0 Å². The van der Waals surface area contributed by atoms with Gasteiger partial charge in [0.1, 0.15) is 17.3 Å². The Bertz CT molecular complexity index is 661. The van der Waals surface area contributed by atoms with Crippen LogP contribution in [0.3, 0.4) is 0 Å². The molecular formula is C17H24N4O2S. The Hall–Kier alpha value is -1.73. The monoisotopic (exact) mass is 348 g/mol. The zero-order chi connectivity index (χ0) is 16.9. The molecule has 0 spiro atoms. The maximum atomic E-state index is 5.33. The third kappa shape index (κ3) is 3.84. The summed E-state index contributed by atoms with van der Waals surface area (Å²) in [5.74, 6) is 4.01. The van der Waals surface area contributed by atoms with Crippen LogP contribution in [0.15, 0.2) is 23.4 Å². The van der Waals surface area contributed by atoms with E-state index in [0.717, 1.165) is 59.7 Å². The first-order valence-corrected chi connectivity index (χ1v) is 9.14. The number of nitrogens with zero attached hydrogens (tertiary/aromatic N) is 3. The molecule has 0 aliphatic carbocycles. The van der Waals surface area contributed by atoms with Crippen molar-refractivity contribution in [2.45, 2.75) is 29.7 Å². The van der Waals surface area contributed by atoms with E-state index < -0.39 is 0 Å². The number of nitrogens with one attached hydrogen (secondary N) is 1. The highest BCUT2D eigenvalue weighted by atomic mass is 32.2. The predicted molar refractivity (Wildman–Crippen MR) is 95.0 cm³/mol. The van der Waals surface area contributed by atoms with Crippen LogP contribution in [-0.4, -0.2) is 42.1 Å². The Balaban J connectivity index is 1.70. The Morgan fingerprint density at radius 1 is 1.12 bits per heavy atom. The van der Waals surface area contributed by atoms with Crippen LogP contribution in [0.1, 0.15) is 30.1 Å². The molecular weight excluding hydrogens is 324 g/mol. The predicted octanol–water partition coefficient (Wildman–Crippen LogP) is 2.59. The number of thioether (sulfide) groups is 1. The lowest BCUT2D eigenvalue weighted by Gasteiger charge is -2.21. The third-order valence-electron chi connectivity index (χ3n) is 4.35. The molecule has 1 N–H and O–H groups in total. The smallest absolute Gasteiger partial charge is 0.191 e. The molecule has 6 nitrogen and oxygen atoms in total. The lowest BCUT2D eigenvalue weighted by Crippen LogP contribution is -2.27. The first kappa shape index (κ1) is 17.1. The number of rotatable bonds is 6. The molecule has 1 aliphatic heterocycles. The number of hydrogen-bond acceptors (Lipinski definition) is 6. The fourth-order valence-corrected chi connectivity index (χ4v) is 3.83. The number of piperidine rings is 1. The average Bonchev–Trinajstić information content (AvgIpc) is 3.01. The number of benzene rings is 1. The van der Waals surface area contributed by atoms with E-state index >= 15 is 0 Å². The zero-order valence-corrected chi connectivity index (χ0v) is 15.2. The normalized spacial score (nSPS) is 15.5. The van der Waals surface area contributed by atoms with Crippen molar-refractivity contribution < 1.29 is 9.47 Å². The molecule has 3 rings (SSSR count). The molecule has 0 unspecified atom stereocenters. The van der Waals surface area contributed by atoms with Gasteiger partial charge in [0.25, 0.3) is 0 Å². The minimum absolute atomic E-state index is 0.509. The number of ether oxygens (including phenoxy) is 2. The number of methoxy groups -OCH3 is 2. The van der Waals surface area contributed by atoms with Gasteiger partial charge in [0.15, 0.2) is 5.16 Å². The molecule has 24 heavy (non-hydrogen) atoms. The van der Waals surface area contributed by atoms with Crippen molar-refractivity contribution in [1.29, 1.82) is 0 Å². The highest BCUT2D eigenvalue weighted by Crippen LogP contribution is 2.30. The standard InChI is InChI=1S/C17H24N4O2S/c1-21-16(13-4-6-18-7-5-13)19-20-17(21)24-11-12-8-14(22-2)10-15(9-12)23-3/h8-10,13,18H,4-7,11H2,1-3H3. The molecule has 0 radical (unpaired) electrons. The molecule has 0 bridgehead atoms. The summed E-state index contributed by atoms with van der Waals surface area (Å²) in [5, 5.41) is 13.2. The minimum Gasteiger partial charge on any atom is -0.497 e. The second kappa shape index (κ2) is 7.90. The van der Waals surface area contributed by atoms with E-state index in [1.54, 1.807) is 26.0 Å². The lowest BCUT2D eigenvalue weighted by atomic mass is 9.97. The molecule has 2 aromatic rings. The van der Waals surface area contributed by atoms with Crippen molar-refractivity contribution in [3.05, 3.63) is 29.6 Å². The van der Waals surface area contributed by atoms with Crippen molar-refractivity contribution in [3.8, 4) is 11.5 Å². The second-order valence-electron chi connectivity index (χ2n) is 5.93. The van der Waals surface area contributed by atoms with Gasteiger partial charge < -0.3 is 19.4 Å². The van der Waals surface area contributed by atoms with E-state index in [2.05, 4.69) is 27.1 Å². The van der Waals surface area contributed by atoms with Crippen LogP contribution in [0.2, 0.25) is 0 Å². The zero-order valence-electron chi connectivity index (χ0n) is 14.4. The molecule has 1 aromatic carbocycles. The molecule has 1 aliphatic rings. The van der Waals surface area contributed by atoms with Gasteiger partial charge in [-0.15, -0.1) is 10.2 Å². The highest BCUT2D eigenvalue weighted by Gasteiger charge is 2.21. The van der Waals surface area contributed by atoms with Gasteiger partial charge in [-0.2, -0.15) is 0 Å². The topological polar surface area (TPSA) is 61.2 Å². The van der Waals surface area contributed by atoms with Crippen LogP contribution in [0.4, 0.5) is 0 Å². The van der Waals surface area contributed by atoms with Crippen LogP contribution < -0.4 is 14.8 Å². The molecule has 0 atom stereocenters. The fourth-order valence-electron chi connectivity index (χ4n) is 2.99. The first-order chi connectivity index (χ1) is 11.7. The van der Waals surface area contributed by atoms with Crippen LogP contribution >= 0.6 is 11.8 Å². The van der Waals surface area contributed by atoms with E-state index in [1.807, 2.05) is 18.2 Å². The summed E-state index contributed by atoms with van der Waals surface area (Å²) in [4.78, 5) is 0. The Morgan fingerprint density at radius 3 is 2.42 bits per heavy atom. The number of aromatic nitrogens is 3. The Labute approximate surface area is 146 Å². The highest BCUT2D eigenvalue weighted by molar-refractivity contribution is 7.98. The van der Waals surface area contributed by atoms with Gasteiger partial charge in [0, 0.05) is 24.8 Å². The largest absolute Gasteiger partial charge is 0.497 e. The molecule has 1 fully saturated rings. The van der Waals surface area contributed by atoms with Gasteiger partial charge >= 0.3 is 0 Å².